The van der Waals surface area contributed by atoms with Crippen LogP contribution in [-0.4, -0.2) is 27.1 Å². The largest absolute Gasteiger partial charge is 0.506 e. The van der Waals surface area contributed by atoms with Gasteiger partial charge in [-0.3, -0.25) is 15.5 Å². The van der Waals surface area contributed by atoms with Crippen LogP contribution in [0.15, 0.2) is 75.2 Å². The molecule has 0 aliphatic heterocycles. The summed E-state index contributed by atoms with van der Waals surface area (Å²) in [6.45, 7) is 1.99. The fraction of sp³-hybridized carbons (Fsp3) is 0.0455. The zero-order valence-corrected chi connectivity index (χ0v) is 19.1. The molecule has 0 amide bonds. The molecule has 0 bridgehead atoms. The monoisotopic (exact) mass is 509 g/mol. The fourth-order valence-corrected chi connectivity index (χ4v) is 4.18. The molecule has 1 aromatic heterocycles. The Balaban J connectivity index is 1.70. The summed E-state index contributed by atoms with van der Waals surface area (Å²) in [4.78, 5) is 19.8. The van der Waals surface area contributed by atoms with Gasteiger partial charge < -0.3 is 5.11 Å². The molecule has 0 aliphatic rings. The molecule has 0 saturated heterocycles. The summed E-state index contributed by atoms with van der Waals surface area (Å²) in [7, 11) is 0. The van der Waals surface area contributed by atoms with Crippen LogP contribution in [0.25, 0.3) is 10.2 Å². The highest BCUT2D eigenvalue weighted by Crippen LogP contribution is 2.31. The Morgan fingerprint density at radius 2 is 1.97 bits per heavy atom. The Bertz CT molecular complexity index is 1330. The molecule has 0 atom stereocenters. The lowest BCUT2D eigenvalue weighted by Gasteiger charge is -2.05. The van der Waals surface area contributed by atoms with Crippen molar-refractivity contribution in [3.8, 4) is 5.75 Å². The zero-order valence-electron chi connectivity index (χ0n) is 16.7. The number of halogens is 1. The number of phenolic OH excluding ortho intramolecular Hbond substituents is 1. The number of non-ortho nitro benzene ring substituents is 1. The first-order valence-electron chi connectivity index (χ1n) is 9.38. The summed E-state index contributed by atoms with van der Waals surface area (Å²) < 4.78 is 1.21. The van der Waals surface area contributed by atoms with E-state index in [1.54, 1.807) is 0 Å². The molecular weight excluding hydrogens is 494 g/mol. The van der Waals surface area contributed by atoms with Gasteiger partial charge in [0.05, 0.1) is 31.5 Å². The van der Waals surface area contributed by atoms with Crippen LogP contribution in [0.3, 0.4) is 0 Å². The van der Waals surface area contributed by atoms with Crippen LogP contribution in [0, 0.1) is 17.0 Å². The first kappa shape index (κ1) is 21.6. The third kappa shape index (κ3) is 4.82. The zero-order chi connectivity index (χ0) is 22.7. The number of fused-ring (bicyclic) bond motifs is 1. The Kier molecular flexibility index (Phi) is 6.24. The number of hydrogen-bond acceptors (Lipinski definition) is 7. The quantitative estimate of drug-likeness (QED) is 0.155. The molecule has 4 aromatic rings. The number of hydrazone groups is 1. The maximum absolute atomic E-state index is 11.1. The maximum Gasteiger partial charge on any atom is 0.271 e. The molecule has 2 N–H and O–H groups in total. The smallest absolute Gasteiger partial charge is 0.271 e. The van der Waals surface area contributed by atoms with Crippen molar-refractivity contribution in [3.63, 3.8) is 0 Å². The van der Waals surface area contributed by atoms with Crippen LogP contribution in [0.5, 0.6) is 5.75 Å². The third-order valence-electron chi connectivity index (χ3n) is 4.43. The van der Waals surface area contributed by atoms with Gasteiger partial charge in [0.1, 0.15) is 5.75 Å². The van der Waals surface area contributed by atoms with Crippen LogP contribution in [-0.2, 0) is 0 Å². The highest BCUT2D eigenvalue weighted by atomic mass is 79.9. The van der Waals surface area contributed by atoms with E-state index in [1.165, 1.54) is 29.7 Å². The van der Waals surface area contributed by atoms with Crippen molar-refractivity contribution in [2.45, 2.75) is 6.92 Å². The number of aliphatic imine (C=N–C) groups is 1. The van der Waals surface area contributed by atoms with E-state index in [0.29, 0.717) is 16.5 Å². The summed E-state index contributed by atoms with van der Waals surface area (Å²) in [5.74, 6) is 0.258. The van der Waals surface area contributed by atoms with E-state index >= 15 is 0 Å². The molecule has 0 fully saturated rings. The molecule has 0 spiro atoms. The van der Waals surface area contributed by atoms with Crippen molar-refractivity contribution in [1.29, 1.82) is 0 Å². The van der Waals surface area contributed by atoms with E-state index in [2.05, 4.69) is 36.4 Å². The molecule has 4 rings (SSSR count). The predicted octanol–water partition coefficient (Wildman–Crippen LogP) is 5.68. The van der Waals surface area contributed by atoms with Gasteiger partial charge in [0.25, 0.3) is 5.69 Å². The van der Waals surface area contributed by atoms with Crippen LogP contribution >= 0.6 is 27.3 Å². The lowest BCUT2D eigenvalue weighted by atomic mass is 10.2. The van der Waals surface area contributed by atoms with Crippen molar-refractivity contribution in [2.75, 3.05) is 0 Å². The molecule has 3 aromatic carbocycles. The highest BCUT2D eigenvalue weighted by molar-refractivity contribution is 9.10. The van der Waals surface area contributed by atoms with Gasteiger partial charge in [-0.2, -0.15) is 5.10 Å². The number of nitro groups is 1. The number of nitro benzene ring substituents is 1. The second-order valence-electron chi connectivity index (χ2n) is 6.78. The Hall–Kier alpha value is -3.63. The van der Waals surface area contributed by atoms with Crippen LogP contribution < -0.4 is 5.43 Å². The van der Waals surface area contributed by atoms with Gasteiger partial charge in [0.15, 0.2) is 10.8 Å². The number of aromatic hydroxyl groups is 1. The first-order chi connectivity index (χ1) is 15.4. The standard InChI is InChI=1S/C22H16BrN5O3S/c1-13-6-8-15(9-7-13)25-21(22-26-18-4-2-3-5-19(18)32-22)27-24-12-14-10-16(28(30)31)11-17(23)20(14)29/h2-12,29H,1H3,(H,25,27)/b24-12+. The van der Waals surface area contributed by atoms with Crippen LogP contribution in [0.1, 0.15) is 16.1 Å². The van der Waals surface area contributed by atoms with E-state index in [1.807, 2.05) is 55.5 Å². The average Bonchev–Trinajstić information content (AvgIpc) is 3.21. The average molecular weight is 510 g/mol. The number of para-hydroxylation sites is 1. The molecule has 0 saturated carbocycles. The van der Waals surface area contributed by atoms with Gasteiger partial charge in [0, 0.05) is 17.7 Å². The van der Waals surface area contributed by atoms with Crippen molar-refractivity contribution in [1.82, 2.24) is 10.4 Å². The van der Waals surface area contributed by atoms with Crippen LogP contribution in [0.4, 0.5) is 11.4 Å². The Morgan fingerprint density at radius 1 is 1.22 bits per heavy atom. The Morgan fingerprint density at radius 3 is 2.69 bits per heavy atom. The van der Waals surface area contributed by atoms with Crippen molar-refractivity contribution in [2.24, 2.45) is 10.1 Å². The van der Waals surface area contributed by atoms with E-state index in [4.69, 9.17) is 0 Å². The van der Waals surface area contributed by atoms with Gasteiger partial charge in [0.2, 0.25) is 0 Å². The van der Waals surface area contributed by atoms with E-state index in [9.17, 15) is 15.2 Å². The number of nitrogens with zero attached hydrogens (tertiary/aromatic N) is 4. The van der Waals surface area contributed by atoms with Gasteiger partial charge >= 0.3 is 0 Å². The van der Waals surface area contributed by atoms with E-state index < -0.39 is 4.92 Å². The molecule has 0 radical (unpaired) electrons. The minimum absolute atomic E-state index is 0.154. The SMILES string of the molecule is Cc1ccc(N=C(N/N=C/c2cc([N+](=O)[O-])cc(Br)c2O)c2nc3ccccc3s2)cc1. The normalized spacial score (nSPS) is 11.9. The molecule has 160 valence electrons. The first-order valence-corrected chi connectivity index (χ1v) is 11.0. The third-order valence-corrected chi connectivity index (χ3v) is 6.08. The van der Waals surface area contributed by atoms with Gasteiger partial charge in [-0.1, -0.05) is 29.8 Å². The number of amidine groups is 1. The molecule has 10 heteroatoms. The molecule has 0 aliphatic carbocycles. The minimum atomic E-state index is -0.541. The number of rotatable bonds is 5. The summed E-state index contributed by atoms with van der Waals surface area (Å²) in [6.07, 6.45) is 1.30. The summed E-state index contributed by atoms with van der Waals surface area (Å²) in [5, 5.41) is 26.1. The summed E-state index contributed by atoms with van der Waals surface area (Å²) >= 11 is 4.59. The summed E-state index contributed by atoms with van der Waals surface area (Å²) in [5.41, 5.74) is 5.56. The summed E-state index contributed by atoms with van der Waals surface area (Å²) in [6, 6.07) is 17.9. The Labute approximate surface area is 195 Å². The topological polar surface area (TPSA) is 113 Å². The van der Waals surface area contributed by atoms with Crippen molar-refractivity contribution < 1.29 is 10.0 Å². The number of thiazole rings is 1. The van der Waals surface area contributed by atoms with E-state index in [-0.39, 0.29) is 21.5 Å². The number of hydrogen-bond donors (Lipinski definition) is 2. The molecule has 1 heterocycles. The molecule has 32 heavy (non-hydrogen) atoms. The number of phenols is 1. The van der Waals surface area contributed by atoms with Gasteiger partial charge in [-0.05, 0) is 47.1 Å². The van der Waals surface area contributed by atoms with Crippen molar-refractivity contribution >= 4 is 60.9 Å². The lowest BCUT2D eigenvalue weighted by molar-refractivity contribution is -0.385. The van der Waals surface area contributed by atoms with Crippen LogP contribution in [0.2, 0.25) is 0 Å². The van der Waals surface area contributed by atoms with Gasteiger partial charge in [-0.25, -0.2) is 9.98 Å². The van der Waals surface area contributed by atoms with Gasteiger partial charge in [-0.15, -0.1) is 11.3 Å². The lowest BCUT2D eigenvalue weighted by Crippen LogP contribution is -2.18. The minimum Gasteiger partial charge on any atom is -0.506 e. The predicted molar refractivity (Wildman–Crippen MR) is 130 cm³/mol. The molecular formula is C22H16BrN5O3S. The molecule has 0 unspecified atom stereocenters. The number of aromatic nitrogens is 1. The number of aryl methyl sites for hydroxylation is 1. The number of nitrogens with one attached hydrogen (secondary N) is 1. The van der Waals surface area contributed by atoms with Crippen molar-refractivity contribution in [3.05, 3.63) is 91.4 Å². The fourth-order valence-electron chi connectivity index (χ4n) is 2.81. The molecule has 8 nitrogen and oxygen atoms in total. The second-order valence-corrected chi connectivity index (χ2v) is 8.66. The highest BCUT2D eigenvalue weighted by Gasteiger charge is 2.14. The number of benzene rings is 3. The van der Waals surface area contributed by atoms with E-state index in [0.717, 1.165) is 15.8 Å². The second kappa shape index (κ2) is 9.25. The maximum atomic E-state index is 11.1.